The first-order valence-corrected chi connectivity index (χ1v) is 30.8. The Kier molecular flexibility index (Phi) is 58.9. The van der Waals surface area contributed by atoms with Crippen molar-refractivity contribution in [1.29, 1.82) is 0 Å². The maximum atomic E-state index is 12.9. The SMILES string of the molecule is CC/C=C\C/C=C\C/C=C\C/C=C\C/C=C\C/C=C\C/C=C\C/C=C\C/C=C\CCCC(=O)OCC(COC(=O)CCCCCCC/C=C\CCCCCCC)OC(=O)CCCCCCC/C=C\C/C=C\CCCCC. The first-order valence-electron chi connectivity index (χ1n) is 30.8. The second kappa shape index (κ2) is 62.8. The van der Waals surface area contributed by atoms with Gasteiger partial charge >= 0.3 is 17.9 Å². The predicted octanol–water partition coefficient (Wildman–Crippen LogP) is 21.2. The molecule has 0 aliphatic carbocycles. The second-order valence-corrected chi connectivity index (χ2v) is 19.9. The molecule has 0 saturated heterocycles. The van der Waals surface area contributed by atoms with E-state index in [0.29, 0.717) is 19.3 Å². The number of unbranched alkanes of at least 4 members (excludes halogenated alkanes) is 19. The van der Waals surface area contributed by atoms with E-state index in [-0.39, 0.29) is 37.5 Å². The smallest absolute Gasteiger partial charge is 0.306 e. The van der Waals surface area contributed by atoms with E-state index >= 15 is 0 Å². The first kappa shape index (κ1) is 71.3. The highest BCUT2D eigenvalue weighted by molar-refractivity contribution is 5.71. The van der Waals surface area contributed by atoms with E-state index in [1.54, 1.807) is 0 Å². The van der Waals surface area contributed by atoms with E-state index in [1.165, 1.54) is 70.6 Å². The molecule has 0 bridgehead atoms. The number of esters is 3. The van der Waals surface area contributed by atoms with Gasteiger partial charge in [-0.3, -0.25) is 14.4 Å². The van der Waals surface area contributed by atoms with Crippen LogP contribution in [0.3, 0.4) is 0 Å². The van der Waals surface area contributed by atoms with Crippen LogP contribution in [0.25, 0.3) is 0 Å². The van der Waals surface area contributed by atoms with Crippen LogP contribution in [0.1, 0.15) is 258 Å². The highest BCUT2D eigenvalue weighted by Gasteiger charge is 2.19. The highest BCUT2D eigenvalue weighted by atomic mass is 16.6. The molecule has 76 heavy (non-hydrogen) atoms. The molecule has 0 N–H and O–H groups in total. The molecule has 6 nitrogen and oxygen atoms in total. The summed E-state index contributed by atoms with van der Waals surface area (Å²) >= 11 is 0. The summed E-state index contributed by atoms with van der Waals surface area (Å²) in [6, 6.07) is 0. The minimum absolute atomic E-state index is 0.111. The van der Waals surface area contributed by atoms with Gasteiger partial charge in [0.15, 0.2) is 6.10 Å². The van der Waals surface area contributed by atoms with Crippen LogP contribution in [0.5, 0.6) is 0 Å². The van der Waals surface area contributed by atoms with Crippen LogP contribution in [0.2, 0.25) is 0 Å². The van der Waals surface area contributed by atoms with Crippen LogP contribution in [-0.2, 0) is 28.6 Å². The molecule has 0 aromatic rings. The van der Waals surface area contributed by atoms with Crippen LogP contribution in [0, 0.1) is 0 Å². The van der Waals surface area contributed by atoms with Gasteiger partial charge in [-0.2, -0.15) is 0 Å². The van der Waals surface area contributed by atoms with Crippen LogP contribution >= 0.6 is 0 Å². The Morgan fingerprint density at radius 1 is 0.276 bits per heavy atom. The maximum Gasteiger partial charge on any atom is 0.306 e. The summed E-state index contributed by atoms with van der Waals surface area (Å²) in [6.07, 6.45) is 89.9. The lowest BCUT2D eigenvalue weighted by Crippen LogP contribution is -2.30. The molecule has 1 unspecified atom stereocenters. The normalized spacial score (nSPS) is 13.1. The molecular weight excluding hydrogens is 937 g/mol. The Morgan fingerprint density at radius 3 is 0.895 bits per heavy atom. The Balaban J connectivity index is 4.47. The van der Waals surface area contributed by atoms with Crippen molar-refractivity contribution >= 4 is 17.9 Å². The highest BCUT2D eigenvalue weighted by Crippen LogP contribution is 2.13. The van der Waals surface area contributed by atoms with Gasteiger partial charge in [-0.15, -0.1) is 0 Å². The van der Waals surface area contributed by atoms with Crippen molar-refractivity contribution in [2.45, 2.75) is 264 Å². The Morgan fingerprint density at radius 2 is 0.526 bits per heavy atom. The summed E-state index contributed by atoms with van der Waals surface area (Å²) in [5.41, 5.74) is 0. The second-order valence-electron chi connectivity index (χ2n) is 19.9. The molecule has 0 aliphatic heterocycles. The number of hydrogen-bond acceptors (Lipinski definition) is 6. The summed E-state index contributed by atoms with van der Waals surface area (Å²) in [4.78, 5) is 38.2. The molecule has 0 heterocycles. The van der Waals surface area contributed by atoms with E-state index in [1.807, 2.05) is 0 Å². The van der Waals surface area contributed by atoms with Crippen molar-refractivity contribution in [1.82, 2.24) is 0 Å². The molecule has 1 atom stereocenters. The van der Waals surface area contributed by atoms with Crippen molar-refractivity contribution in [3.8, 4) is 0 Å². The molecule has 428 valence electrons. The third-order valence-electron chi connectivity index (χ3n) is 12.5. The molecule has 0 aromatic heterocycles. The van der Waals surface area contributed by atoms with E-state index in [9.17, 15) is 14.4 Å². The monoisotopic (exact) mass is 1050 g/mol. The van der Waals surface area contributed by atoms with Gasteiger partial charge in [-0.25, -0.2) is 0 Å². The molecule has 0 spiro atoms. The van der Waals surface area contributed by atoms with Gasteiger partial charge in [0.05, 0.1) is 0 Å². The topological polar surface area (TPSA) is 78.9 Å². The number of hydrogen-bond donors (Lipinski definition) is 0. The molecule has 0 rings (SSSR count). The predicted molar refractivity (Wildman–Crippen MR) is 329 cm³/mol. The maximum absolute atomic E-state index is 12.9. The third kappa shape index (κ3) is 60.2. The van der Waals surface area contributed by atoms with Gasteiger partial charge in [0, 0.05) is 19.3 Å². The zero-order valence-electron chi connectivity index (χ0n) is 49.0. The first-order chi connectivity index (χ1) is 37.5. The fraction of sp³-hybridized carbons (Fsp3) is 0.614. The van der Waals surface area contributed by atoms with Crippen molar-refractivity contribution in [3.63, 3.8) is 0 Å². The molecular formula is C70H112O6. The minimum atomic E-state index is -0.819. The zero-order valence-corrected chi connectivity index (χ0v) is 49.0. The Labute approximate surface area is 467 Å². The van der Waals surface area contributed by atoms with Crippen LogP contribution in [0.15, 0.2) is 146 Å². The minimum Gasteiger partial charge on any atom is -0.462 e. The molecule has 0 radical (unpaired) electrons. The van der Waals surface area contributed by atoms with Gasteiger partial charge in [0.25, 0.3) is 0 Å². The molecule has 0 saturated carbocycles. The Bertz CT molecular complexity index is 1680. The molecule has 6 heteroatoms. The van der Waals surface area contributed by atoms with E-state index in [4.69, 9.17) is 14.2 Å². The standard InChI is InChI=1S/C70H112O6/c1-4-7-10-13-16-19-22-25-28-29-30-31-32-33-34-35-36-37-38-39-40-41-43-45-48-51-54-57-60-63-69(72)75-66-67(65-74-68(71)62-59-56-53-50-47-44-27-24-21-18-15-12-9-6-3)76-70(73)64-61-58-55-52-49-46-42-26-23-20-17-14-11-8-5-2/h7,10,16-17,19-20,24-28,30-31,33-34,36-37,39-40,42-43,45,51,54,67H,4-6,8-9,11-15,18,21-23,29,32,35,38,41,44,46-50,52-53,55-66H2,1-3H3/b10-7-,19-16-,20-17-,27-24-,28-25-,31-30-,34-33-,37-36-,40-39-,42-26-,45-43-,54-51-. The fourth-order valence-electron chi connectivity index (χ4n) is 7.94. The number of carbonyl (C=O) groups is 3. The summed E-state index contributed by atoms with van der Waals surface area (Å²) in [5.74, 6) is -0.998. The van der Waals surface area contributed by atoms with Gasteiger partial charge in [-0.05, 0) is 141 Å². The summed E-state index contributed by atoms with van der Waals surface area (Å²) in [7, 11) is 0. The van der Waals surface area contributed by atoms with Gasteiger partial charge in [0.2, 0.25) is 0 Å². The zero-order chi connectivity index (χ0) is 55.0. The molecule has 0 aliphatic rings. The lowest BCUT2D eigenvalue weighted by Gasteiger charge is -2.18. The average Bonchev–Trinajstić information content (AvgIpc) is 3.42. The van der Waals surface area contributed by atoms with Crippen molar-refractivity contribution in [2.24, 2.45) is 0 Å². The quantitative estimate of drug-likeness (QED) is 0.0261. The van der Waals surface area contributed by atoms with Gasteiger partial charge in [0.1, 0.15) is 13.2 Å². The third-order valence-corrected chi connectivity index (χ3v) is 12.5. The van der Waals surface area contributed by atoms with Crippen molar-refractivity contribution < 1.29 is 28.6 Å². The van der Waals surface area contributed by atoms with Gasteiger partial charge < -0.3 is 14.2 Å². The van der Waals surface area contributed by atoms with E-state index in [2.05, 4.69) is 167 Å². The molecule has 0 fully saturated rings. The molecule has 0 amide bonds. The van der Waals surface area contributed by atoms with Crippen LogP contribution < -0.4 is 0 Å². The average molecular weight is 1050 g/mol. The van der Waals surface area contributed by atoms with Crippen molar-refractivity contribution in [3.05, 3.63) is 146 Å². The van der Waals surface area contributed by atoms with Crippen LogP contribution in [-0.4, -0.2) is 37.2 Å². The summed E-state index contributed by atoms with van der Waals surface area (Å²) in [5, 5.41) is 0. The van der Waals surface area contributed by atoms with Crippen LogP contribution in [0.4, 0.5) is 0 Å². The van der Waals surface area contributed by atoms with E-state index < -0.39 is 6.10 Å². The lowest BCUT2D eigenvalue weighted by atomic mass is 10.1. The Hall–Kier alpha value is -4.71. The number of rotatable bonds is 54. The number of allylic oxidation sites excluding steroid dienone is 24. The fourth-order valence-corrected chi connectivity index (χ4v) is 7.94. The van der Waals surface area contributed by atoms with Gasteiger partial charge in [-0.1, -0.05) is 244 Å². The summed E-state index contributed by atoms with van der Waals surface area (Å²) < 4.78 is 16.8. The van der Waals surface area contributed by atoms with E-state index in [0.717, 1.165) is 141 Å². The largest absolute Gasteiger partial charge is 0.462 e. The number of carbonyl (C=O) groups excluding carboxylic acids is 3. The lowest BCUT2D eigenvalue weighted by molar-refractivity contribution is -0.167. The molecule has 0 aromatic carbocycles. The summed E-state index contributed by atoms with van der Waals surface area (Å²) in [6.45, 7) is 6.42. The number of ether oxygens (including phenoxy) is 3. The van der Waals surface area contributed by atoms with Crippen molar-refractivity contribution in [2.75, 3.05) is 13.2 Å².